The van der Waals surface area contributed by atoms with Gasteiger partial charge in [-0.1, -0.05) is 54.6 Å². The van der Waals surface area contributed by atoms with E-state index in [4.69, 9.17) is 0 Å². The van der Waals surface area contributed by atoms with Gasteiger partial charge in [-0.2, -0.15) is 0 Å². The minimum Gasteiger partial charge on any atom is -0.386 e. The van der Waals surface area contributed by atoms with E-state index in [0.29, 0.717) is 0 Å². The molecule has 1 heterocycles. The molecule has 0 radical (unpaired) electrons. The lowest BCUT2D eigenvalue weighted by molar-refractivity contribution is -0.145. The number of imide groups is 1. The van der Waals surface area contributed by atoms with Crippen LogP contribution in [-0.4, -0.2) is 27.9 Å². The highest BCUT2D eigenvalue weighted by atomic mass is 16.3. The standard InChI is InChI=1S/C19H19NO3/c1-11(17(21)14-5-3-2-4-6-14)20-18(22)15-12-7-8-13(10-9-12)16(15)19(20)23/h2-13,15-17,21H,1H3/t11-,12?,13?,15-,16+,17-/m0/s1. The summed E-state index contributed by atoms with van der Waals surface area (Å²) < 4.78 is 0. The van der Waals surface area contributed by atoms with Crippen molar-refractivity contribution in [3.8, 4) is 0 Å². The summed E-state index contributed by atoms with van der Waals surface area (Å²) in [6.07, 6.45) is 7.23. The molecule has 1 fully saturated rings. The lowest BCUT2D eigenvalue weighted by Crippen LogP contribution is -2.42. The van der Waals surface area contributed by atoms with Gasteiger partial charge in [-0.25, -0.2) is 0 Å². The van der Waals surface area contributed by atoms with Gasteiger partial charge >= 0.3 is 0 Å². The predicted molar refractivity (Wildman–Crippen MR) is 85.0 cm³/mol. The van der Waals surface area contributed by atoms with E-state index in [2.05, 4.69) is 0 Å². The maximum atomic E-state index is 12.8. The van der Waals surface area contributed by atoms with Crippen LogP contribution >= 0.6 is 0 Å². The number of benzene rings is 1. The quantitative estimate of drug-likeness (QED) is 0.687. The maximum Gasteiger partial charge on any atom is 0.234 e. The van der Waals surface area contributed by atoms with Crippen LogP contribution in [0.3, 0.4) is 0 Å². The van der Waals surface area contributed by atoms with Gasteiger partial charge in [-0.05, 0) is 12.5 Å². The van der Waals surface area contributed by atoms with Crippen molar-refractivity contribution < 1.29 is 14.7 Å². The zero-order valence-electron chi connectivity index (χ0n) is 12.9. The number of allylic oxidation sites excluding steroid dienone is 4. The molecule has 23 heavy (non-hydrogen) atoms. The zero-order valence-corrected chi connectivity index (χ0v) is 12.9. The van der Waals surface area contributed by atoms with Crippen LogP contribution in [0.15, 0.2) is 54.6 Å². The van der Waals surface area contributed by atoms with Crippen molar-refractivity contribution in [2.75, 3.05) is 0 Å². The molecule has 0 unspecified atom stereocenters. The molecule has 4 nitrogen and oxygen atoms in total. The average molecular weight is 309 g/mol. The summed E-state index contributed by atoms with van der Waals surface area (Å²) in [6, 6.07) is 8.61. The smallest absolute Gasteiger partial charge is 0.234 e. The molecule has 4 heteroatoms. The second-order valence-corrected chi connectivity index (χ2v) is 6.62. The second kappa shape index (κ2) is 5.17. The molecular weight excluding hydrogens is 290 g/mol. The summed E-state index contributed by atoms with van der Waals surface area (Å²) in [5.74, 6) is -0.877. The minimum absolute atomic E-state index is 0.00696. The van der Waals surface area contributed by atoms with Gasteiger partial charge in [0.05, 0.1) is 24.0 Å². The molecule has 5 rings (SSSR count). The fourth-order valence-electron chi connectivity index (χ4n) is 4.14. The van der Waals surface area contributed by atoms with E-state index in [1.54, 1.807) is 6.92 Å². The Bertz CT molecular complexity index is 661. The lowest BCUT2D eigenvalue weighted by Gasteiger charge is -2.33. The monoisotopic (exact) mass is 309 g/mol. The Kier molecular flexibility index (Phi) is 3.23. The molecule has 118 valence electrons. The highest BCUT2D eigenvalue weighted by Crippen LogP contribution is 2.47. The zero-order chi connectivity index (χ0) is 16.1. The summed E-state index contributed by atoms with van der Waals surface area (Å²) in [5.41, 5.74) is 0.717. The summed E-state index contributed by atoms with van der Waals surface area (Å²) in [6.45, 7) is 1.74. The molecule has 1 aromatic carbocycles. The summed E-state index contributed by atoms with van der Waals surface area (Å²) in [5, 5.41) is 10.6. The van der Waals surface area contributed by atoms with Crippen LogP contribution < -0.4 is 0 Å². The van der Waals surface area contributed by atoms with Crippen molar-refractivity contribution in [3.05, 3.63) is 60.2 Å². The van der Waals surface area contributed by atoms with E-state index in [0.717, 1.165) is 5.56 Å². The third-order valence-corrected chi connectivity index (χ3v) is 5.38. The number of carbonyl (C=O) groups excluding carboxylic acids is 2. The molecular formula is C19H19NO3. The summed E-state index contributed by atoms with van der Waals surface area (Å²) in [4.78, 5) is 27.0. The number of amides is 2. The van der Waals surface area contributed by atoms with Crippen LogP contribution in [0.25, 0.3) is 0 Å². The van der Waals surface area contributed by atoms with Crippen LogP contribution in [0.1, 0.15) is 18.6 Å². The largest absolute Gasteiger partial charge is 0.386 e. The van der Waals surface area contributed by atoms with Gasteiger partial charge in [0, 0.05) is 11.8 Å². The van der Waals surface area contributed by atoms with Crippen LogP contribution in [0, 0.1) is 23.7 Å². The Morgan fingerprint density at radius 1 is 0.913 bits per heavy atom. The Labute approximate surface area is 135 Å². The second-order valence-electron chi connectivity index (χ2n) is 6.62. The molecule has 3 aliphatic carbocycles. The van der Waals surface area contributed by atoms with Gasteiger partial charge < -0.3 is 5.11 Å². The molecule has 0 saturated carbocycles. The third-order valence-electron chi connectivity index (χ3n) is 5.38. The van der Waals surface area contributed by atoms with E-state index in [1.165, 1.54) is 4.90 Å². The van der Waals surface area contributed by atoms with Gasteiger partial charge in [0.15, 0.2) is 0 Å². The molecule has 2 bridgehead atoms. The Hall–Kier alpha value is -2.20. The predicted octanol–water partition coefficient (Wildman–Crippen LogP) is 2.08. The first-order valence-electron chi connectivity index (χ1n) is 8.06. The molecule has 1 aromatic rings. The topological polar surface area (TPSA) is 57.6 Å². The Morgan fingerprint density at radius 3 is 1.87 bits per heavy atom. The average Bonchev–Trinajstić information content (AvgIpc) is 2.89. The van der Waals surface area contributed by atoms with E-state index in [1.807, 2.05) is 54.6 Å². The third kappa shape index (κ3) is 2.01. The lowest BCUT2D eigenvalue weighted by atomic mass is 9.67. The van der Waals surface area contributed by atoms with Gasteiger partial charge in [0.25, 0.3) is 0 Å². The van der Waals surface area contributed by atoms with Crippen molar-refractivity contribution in [3.63, 3.8) is 0 Å². The van der Waals surface area contributed by atoms with Gasteiger partial charge in [0.2, 0.25) is 11.8 Å². The molecule has 1 N–H and O–H groups in total. The van der Waals surface area contributed by atoms with Crippen LogP contribution in [0.4, 0.5) is 0 Å². The molecule has 1 saturated heterocycles. The number of carbonyl (C=O) groups is 2. The fraction of sp³-hybridized carbons (Fsp3) is 0.368. The van der Waals surface area contributed by atoms with Gasteiger partial charge in [0.1, 0.15) is 0 Å². The van der Waals surface area contributed by atoms with Crippen molar-refractivity contribution in [1.29, 1.82) is 0 Å². The van der Waals surface area contributed by atoms with Crippen molar-refractivity contribution >= 4 is 11.8 Å². The van der Waals surface area contributed by atoms with Gasteiger partial charge in [-0.15, -0.1) is 0 Å². The molecule has 4 aliphatic rings. The molecule has 4 atom stereocenters. The molecule has 0 spiro atoms. The minimum atomic E-state index is -0.872. The molecule has 2 amide bonds. The first-order valence-corrected chi connectivity index (χ1v) is 8.06. The maximum absolute atomic E-state index is 12.8. The first-order chi connectivity index (χ1) is 11.1. The number of hydrogen-bond donors (Lipinski definition) is 1. The number of aliphatic hydroxyl groups excluding tert-OH is 1. The van der Waals surface area contributed by atoms with E-state index >= 15 is 0 Å². The van der Waals surface area contributed by atoms with Crippen LogP contribution in [-0.2, 0) is 9.59 Å². The number of hydrogen-bond acceptors (Lipinski definition) is 3. The first kappa shape index (κ1) is 14.4. The Morgan fingerprint density at radius 2 is 1.39 bits per heavy atom. The SMILES string of the molecule is C[C@@H]([C@H](O)c1ccccc1)N1C(=O)[C@@H]2C3C=CC(C=C3)[C@@H]2C1=O. The summed E-state index contributed by atoms with van der Waals surface area (Å²) in [7, 11) is 0. The van der Waals surface area contributed by atoms with E-state index in [-0.39, 0.29) is 35.5 Å². The number of rotatable bonds is 3. The fourth-order valence-corrected chi connectivity index (χ4v) is 4.14. The number of likely N-dealkylation sites (tertiary alicyclic amines) is 1. The van der Waals surface area contributed by atoms with E-state index < -0.39 is 12.1 Å². The number of nitrogens with zero attached hydrogens (tertiary/aromatic N) is 1. The Balaban J connectivity index is 1.63. The van der Waals surface area contributed by atoms with Crippen LogP contribution in [0.2, 0.25) is 0 Å². The van der Waals surface area contributed by atoms with Gasteiger partial charge in [-0.3, -0.25) is 14.5 Å². The molecule has 0 aromatic heterocycles. The van der Waals surface area contributed by atoms with Crippen molar-refractivity contribution in [2.45, 2.75) is 19.1 Å². The van der Waals surface area contributed by atoms with E-state index in [9.17, 15) is 14.7 Å². The highest BCUT2D eigenvalue weighted by Gasteiger charge is 2.56. The summed E-state index contributed by atoms with van der Waals surface area (Å²) >= 11 is 0. The van der Waals surface area contributed by atoms with Crippen LogP contribution in [0.5, 0.6) is 0 Å². The highest BCUT2D eigenvalue weighted by molar-refractivity contribution is 6.06. The van der Waals surface area contributed by atoms with Crippen molar-refractivity contribution in [2.24, 2.45) is 23.7 Å². The molecule has 1 aliphatic heterocycles. The van der Waals surface area contributed by atoms with Crippen molar-refractivity contribution in [1.82, 2.24) is 4.90 Å². The number of aliphatic hydroxyl groups is 1. The normalized spacial score (nSPS) is 33.9.